The first-order valence-corrected chi connectivity index (χ1v) is 6.24. The molecule has 0 radical (unpaired) electrons. The summed E-state index contributed by atoms with van der Waals surface area (Å²) in [6.45, 7) is 2.78. The van der Waals surface area contributed by atoms with Crippen molar-refractivity contribution in [3.05, 3.63) is 34.9 Å². The van der Waals surface area contributed by atoms with Crippen molar-refractivity contribution in [2.45, 2.75) is 25.8 Å². The summed E-state index contributed by atoms with van der Waals surface area (Å²) in [5.41, 5.74) is 1.16. The van der Waals surface area contributed by atoms with Crippen LogP contribution >= 0.6 is 11.6 Å². The Hall–Kier alpha value is -1.06. The van der Waals surface area contributed by atoms with Crippen LogP contribution in [0.2, 0.25) is 5.02 Å². The van der Waals surface area contributed by atoms with Crippen molar-refractivity contribution in [3.8, 4) is 0 Å². The molecule has 94 valence electrons. The summed E-state index contributed by atoms with van der Waals surface area (Å²) in [5.74, 6) is 0.0541. The van der Waals surface area contributed by atoms with Crippen LogP contribution in [0.15, 0.2) is 24.3 Å². The molecule has 3 nitrogen and oxygen atoms in total. The lowest BCUT2D eigenvalue weighted by atomic mass is 10.0. The summed E-state index contributed by atoms with van der Waals surface area (Å²) in [7, 11) is 1.65. The van der Waals surface area contributed by atoms with Crippen LogP contribution in [0, 0.1) is 0 Å². The molecule has 2 N–H and O–H groups in total. The molecule has 0 saturated heterocycles. The summed E-state index contributed by atoms with van der Waals surface area (Å²) < 4.78 is 0. The minimum Gasteiger partial charge on any atom is -0.359 e. The molecule has 0 aromatic heterocycles. The standard InChI is InChI=1S/C13H19ClN2O/c1-3-12(16-8-7-13(17)15-2)10-5-4-6-11(14)9-10/h4-6,9,12,16H,3,7-8H2,1-2H3,(H,15,17). The van der Waals surface area contributed by atoms with E-state index in [2.05, 4.69) is 17.6 Å². The number of rotatable bonds is 6. The van der Waals surface area contributed by atoms with Gasteiger partial charge in [-0.25, -0.2) is 0 Å². The second kappa shape index (κ2) is 7.30. The van der Waals surface area contributed by atoms with Crippen LogP contribution in [-0.4, -0.2) is 19.5 Å². The van der Waals surface area contributed by atoms with E-state index in [9.17, 15) is 4.79 Å². The molecular formula is C13H19ClN2O. The maximum atomic E-state index is 11.1. The zero-order chi connectivity index (χ0) is 12.7. The molecule has 17 heavy (non-hydrogen) atoms. The first kappa shape index (κ1) is 14.0. The van der Waals surface area contributed by atoms with Crippen molar-refractivity contribution in [2.24, 2.45) is 0 Å². The number of halogens is 1. The second-order valence-electron chi connectivity index (χ2n) is 3.89. The van der Waals surface area contributed by atoms with E-state index in [0.29, 0.717) is 13.0 Å². The van der Waals surface area contributed by atoms with Gasteiger partial charge < -0.3 is 10.6 Å². The summed E-state index contributed by atoms with van der Waals surface area (Å²) in [5, 5.41) is 6.71. The van der Waals surface area contributed by atoms with Gasteiger partial charge in [-0.15, -0.1) is 0 Å². The minimum absolute atomic E-state index is 0.0541. The molecule has 0 heterocycles. The number of hydrogen-bond acceptors (Lipinski definition) is 2. The highest BCUT2D eigenvalue weighted by molar-refractivity contribution is 6.30. The Morgan fingerprint density at radius 2 is 2.24 bits per heavy atom. The fraction of sp³-hybridized carbons (Fsp3) is 0.462. The maximum absolute atomic E-state index is 11.1. The van der Waals surface area contributed by atoms with Crippen molar-refractivity contribution in [2.75, 3.05) is 13.6 Å². The smallest absolute Gasteiger partial charge is 0.221 e. The molecule has 0 bridgehead atoms. The summed E-state index contributed by atoms with van der Waals surface area (Å²) in [6, 6.07) is 8.07. The highest BCUT2D eigenvalue weighted by Crippen LogP contribution is 2.20. The van der Waals surface area contributed by atoms with Crippen molar-refractivity contribution in [1.82, 2.24) is 10.6 Å². The van der Waals surface area contributed by atoms with Crippen LogP contribution in [0.3, 0.4) is 0 Å². The molecule has 0 aliphatic carbocycles. The quantitative estimate of drug-likeness (QED) is 0.819. The predicted molar refractivity (Wildman–Crippen MR) is 71.2 cm³/mol. The molecule has 1 atom stereocenters. The third-order valence-corrected chi connectivity index (χ3v) is 2.92. The van der Waals surface area contributed by atoms with Gasteiger partial charge in [-0.3, -0.25) is 4.79 Å². The van der Waals surface area contributed by atoms with E-state index >= 15 is 0 Å². The fourth-order valence-corrected chi connectivity index (χ4v) is 1.90. The van der Waals surface area contributed by atoms with Gasteiger partial charge in [0.05, 0.1) is 0 Å². The van der Waals surface area contributed by atoms with Crippen molar-refractivity contribution in [1.29, 1.82) is 0 Å². The van der Waals surface area contributed by atoms with Crippen LogP contribution in [0.5, 0.6) is 0 Å². The fourth-order valence-electron chi connectivity index (χ4n) is 1.71. The average Bonchev–Trinajstić information content (AvgIpc) is 2.34. The number of carbonyl (C=O) groups excluding carboxylic acids is 1. The van der Waals surface area contributed by atoms with Gasteiger partial charge in [0, 0.05) is 31.1 Å². The first-order chi connectivity index (χ1) is 8.17. The normalized spacial score (nSPS) is 12.2. The monoisotopic (exact) mass is 254 g/mol. The molecule has 0 fully saturated rings. The maximum Gasteiger partial charge on any atom is 0.221 e. The lowest BCUT2D eigenvalue weighted by molar-refractivity contribution is -0.120. The summed E-state index contributed by atoms with van der Waals surface area (Å²) in [6.07, 6.45) is 1.46. The van der Waals surface area contributed by atoms with Crippen molar-refractivity contribution < 1.29 is 4.79 Å². The van der Waals surface area contributed by atoms with Gasteiger partial charge >= 0.3 is 0 Å². The Balaban J connectivity index is 2.51. The predicted octanol–water partition coefficient (Wildman–Crippen LogP) is 2.52. The topological polar surface area (TPSA) is 41.1 Å². The third-order valence-electron chi connectivity index (χ3n) is 2.68. The van der Waals surface area contributed by atoms with E-state index < -0.39 is 0 Å². The van der Waals surface area contributed by atoms with Crippen LogP contribution < -0.4 is 10.6 Å². The van der Waals surface area contributed by atoms with Gasteiger partial charge in [-0.1, -0.05) is 30.7 Å². The van der Waals surface area contributed by atoms with Crippen LogP contribution in [0.1, 0.15) is 31.4 Å². The van der Waals surface area contributed by atoms with E-state index in [1.165, 1.54) is 0 Å². The molecular weight excluding hydrogens is 236 g/mol. The Bertz CT molecular complexity index is 368. The molecule has 1 aromatic carbocycles. The lowest BCUT2D eigenvalue weighted by Crippen LogP contribution is -2.27. The first-order valence-electron chi connectivity index (χ1n) is 5.86. The van der Waals surface area contributed by atoms with Gasteiger partial charge in [0.25, 0.3) is 0 Å². The molecule has 4 heteroatoms. The van der Waals surface area contributed by atoms with E-state index in [1.807, 2.05) is 24.3 Å². The molecule has 1 amide bonds. The van der Waals surface area contributed by atoms with Gasteiger partial charge in [0.1, 0.15) is 0 Å². The largest absolute Gasteiger partial charge is 0.359 e. The second-order valence-corrected chi connectivity index (χ2v) is 4.33. The lowest BCUT2D eigenvalue weighted by Gasteiger charge is -2.17. The summed E-state index contributed by atoms with van der Waals surface area (Å²) >= 11 is 5.96. The highest BCUT2D eigenvalue weighted by Gasteiger charge is 2.09. The molecule has 1 aromatic rings. The summed E-state index contributed by atoms with van der Waals surface area (Å²) in [4.78, 5) is 11.1. The highest BCUT2D eigenvalue weighted by atomic mass is 35.5. The number of amides is 1. The van der Waals surface area contributed by atoms with E-state index in [0.717, 1.165) is 17.0 Å². The zero-order valence-electron chi connectivity index (χ0n) is 10.3. The molecule has 1 rings (SSSR count). The Morgan fingerprint density at radius 3 is 2.82 bits per heavy atom. The van der Waals surface area contributed by atoms with Gasteiger partial charge in [0.15, 0.2) is 0 Å². The number of benzene rings is 1. The van der Waals surface area contributed by atoms with Crippen molar-refractivity contribution in [3.63, 3.8) is 0 Å². The SMILES string of the molecule is CCC(NCCC(=O)NC)c1cccc(Cl)c1. The van der Waals surface area contributed by atoms with Crippen LogP contribution in [0.25, 0.3) is 0 Å². The average molecular weight is 255 g/mol. The molecule has 0 aliphatic heterocycles. The Kier molecular flexibility index (Phi) is 6.01. The Morgan fingerprint density at radius 1 is 1.47 bits per heavy atom. The molecule has 0 aliphatic rings. The van der Waals surface area contributed by atoms with Crippen LogP contribution in [-0.2, 0) is 4.79 Å². The third kappa shape index (κ3) is 4.75. The Labute approximate surface area is 108 Å². The molecule has 1 unspecified atom stereocenters. The van der Waals surface area contributed by atoms with Gasteiger partial charge in [-0.05, 0) is 24.1 Å². The number of hydrogen-bond donors (Lipinski definition) is 2. The van der Waals surface area contributed by atoms with Crippen LogP contribution in [0.4, 0.5) is 0 Å². The zero-order valence-corrected chi connectivity index (χ0v) is 11.1. The molecule has 0 spiro atoms. The minimum atomic E-state index is 0.0541. The number of nitrogens with one attached hydrogen (secondary N) is 2. The van der Waals surface area contributed by atoms with Gasteiger partial charge in [-0.2, -0.15) is 0 Å². The van der Waals surface area contributed by atoms with Crippen molar-refractivity contribution >= 4 is 17.5 Å². The van der Waals surface area contributed by atoms with Gasteiger partial charge in [0.2, 0.25) is 5.91 Å². The van der Waals surface area contributed by atoms with E-state index in [4.69, 9.17) is 11.6 Å². The van der Waals surface area contributed by atoms with E-state index in [1.54, 1.807) is 7.05 Å². The van der Waals surface area contributed by atoms with E-state index in [-0.39, 0.29) is 11.9 Å². The molecule has 0 saturated carbocycles. The number of carbonyl (C=O) groups is 1.